The minimum atomic E-state index is -0.302. The van der Waals surface area contributed by atoms with Gasteiger partial charge in [-0.2, -0.15) is 0 Å². The number of hydrogen-bond acceptors (Lipinski definition) is 1. The Bertz CT molecular complexity index is 604. The molecular weight excluding hydrogens is 442 g/mol. The van der Waals surface area contributed by atoms with Gasteiger partial charge in [-0.3, -0.25) is 0 Å². The first-order chi connectivity index (χ1) is 9.04. The number of amides is 2. The number of halogens is 3. The lowest BCUT2D eigenvalue weighted by molar-refractivity contribution is 0.262. The molecule has 0 unspecified atom stereocenters. The minimum Gasteiger partial charge on any atom is -0.308 e. The summed E-state index contributed by atoms with van der Waals surface area (Å²) in [6.45, 7) is 0. The lowest BCUT2D eigenvalue weighted by atomic mass is 10.3. The van der Waals surface area contributed by atoms with E-state index in [0.29, 0.717) is 16.4 Å². The standard InChI is InChI=1S/C13H9BrClIN2O/c14-11-7-9(16)3-6-12(11)18-13(19)17-10-4-1-8(15)2-5-10/h1-7H,(H2,17,18,19). The summed E-state index contributed by atoms with van der Waals surface area (Å²) < 4.78 is 1.93. The predicted molar refractivity (Wildman–Crippen MR) is 91.0 cm³/mol. The highest BCUT2D eigenvalue weighted by molar-refractivity contribution is 14.1. The highest BCUT2D eigenvalue weighted by Crippen LogP contribution is 2.24. The molecule has 0 atom stereocenters. The normalized spacial score (nSPS) is 10.1. The first kappa shape index (κ1) is 14.6. The Hall–Kier alpha value is -0.790. The Morgan fingerprint density at radius 3 is 2.42 bits per heavy atom. The van der Waals surface area contributed by atoms with Crippen molar-refractivity contribution in [1.82, 2.24) is 0 Å². The summed E-state index contributed by atoms with van der Waals surface area (Å²) in [5, 5.41) is 6.13. The third-order valence-electron chi connectivity index (χ3n) is 2.28. The maximum Gasteiger partial charge on any atom is 0.323 e. The van der Waals surface area contributed by atoms with Crippen LogP contribution in [-0.2, 0) is 0 Å². The maximum atomic E-state index is 11.8. The van der Waals surface area contributed by atoms with Gasteiger partial charge in [0.1, 0.15) is 0 Å². The molecule has 0 saturated carbocycles. The van der Waals surface area contributed by atoms with E-state index in [-0.39, 0.29) is 6.03 Å². The summed E-state index contributed by atoms with van der Waals surface area (Å²) in [5.74, 6) is 0. The van der Waals surface area contributed by atoms with Crippen LogP contribution in [0.2, 0.25) is 5.02 Å². The Morgan fingerprint density at radius 2 is 1.79 bits per heavy atom. The zero-order valence-electron chi connectivity index (χ0n) is 9.58. The number of nitrogens with one attached hydrogen (secondary N) is 2. The molecule has 2 rings (SSSR count). The second kappa shape index (κ2) is 6.58. The van der Waals surface area contributed by atoms with Crippen molar-refractivity contribution < 1.29 is 4.79 Å². The van der Waals surface area contributed by atoms with Gasteiger partial charge in [0.2, 0.25) is 0 Å². The zero-order valence-corrected chi connectivity index (χ0v) is 14.1. The molecule has 0 saturated heterocycles. The number of benzene rings is 2. The van der Waals surface area contributed by atoms with Crippen molar-refractivity contribution in [1.29, 1.82) is 0 Å². The molecule has 2 amide bonds. The van der Waals surface area contributed by atoms with Gasteiger partial charge in [-0.1, -0.05) is 11.6 Å². The summed E-state index contributed by atoms with van der Waals surface area (Å²) in [6, 6.07) is 12.3. The van der Waals surface area contributed by atoms with Gasteiger partial charge in [0.05, 0.1) is 5.69 Å². The molecule has 0 fully saturated rings. The van der Waals surface area contributed by atoms with Crippen LogP contribution in [0.1, 0.15) is 0 Å². The van der Waals surface area contributed by atoms with Crippen molar-refractivity contribution in [3.63, 3.8) is 0 Å². The summed E-state index contributed by atoms with van der Waals surface area (Å²) >= 11 is 11.4. The van der Waals surface area contributed by atoms with E-state index < -0.39 is 0 Å². The first-order valence-electron chi connectivity index (χ1n) is 5.33. The van der Waals surface area contributed by atoms with Gasteiger partial charge in [-0.05, 0) is 81.0 Å². The largest absolute Gasteiger partial charge is 0.323 e. The van der Waals surface area contributed by atoms with Gasteiger partial charge in [0.25, 0.3) is 0 Å². The van der Waals surface area contributed by atoms with Crippen LogP contribution >= 0.6 is 50.1 Å². The van der Waals surface area contributed by atoms with Crippen molar-refractivity contribution >= 4 is 67.5 Å². The van der Waals surface area contributed by atoms with Crippen LogP contribution in [0.5, 0.6) is 0 Å². The van der Waals surface area contributed by atoms with Crippen molar-refractivity contribution in [2.75, 3.05) is 10.6 Å². The molecule has 2 aromatic rings. The summed E-state index contributed by atoms with van der Waals surface area (Å²) in [7, 11) is 0. The molecule has 0 aliphatic rings. The van der Waals surface area contributed by atoms with Crippen LogP contribution in [-0.4, -0.2) is 6.03 Å². The monoisotopic (exact) mass is 450 g/mol. The molecule has 6 heteroatoms. The molecule has 0 aliphatic carbocycles. The van der Waals surface area contributed by atoms with Gasteiger partial charge in [0, 0.05) is 18.8 Å². The molecule has 3 nitrogen and oxygen atoms in total. The van der Waals surface area contributed by atoms with E-state index in [1.54, 1.807) is 24.3 Å². The molecule has 98 valence electrons. The number of anilines is 2. The fraction of sp³-hybridized carbons (Fsp3) is 0. The second-order valence-electron chi connectivity index (χ2n) is 3.71. The number of rotatable bonds is 2. The molecule has 0 radical (unpaired) electrons. The maximum absolute atomic E-state index is 11.8. The van der Waals surface area contributed by atoms with E-state index in [0.717, 1.165) is 8.04 Å². The van der Waals surface area contributed by atoms with E-state index in [1.807, 2.05) is 18.2 Å². The van der Waals surface area contributed by atoms with Gasteiger partial charge >= 0.3 is 6.03 Å². The number of carbonyl (C=O) groups excluding carboxylic acids is 1. The Kier molecular flexibility index (Phi) is 5.06. The van der Waals surface area contributed by atoms with Crippen molar-refractivity contribution in [3.05, 3.63) is 55.5 Å². The van der Waals surface area contributed by atoms with Gasteiger partial charge in [-0.25, -0.2) is 4.79 Å². The van der Waals surface area contributed by atoms with Gasteiger partial charge in [-0.15, -0.1) is 0 Å². The molecule has 0 aromatic heterocycles. The van der Waals surface area contributed by atoms with Crippen LogP contribution in [0.25, 0.3) is 0 Å². The molecule has 0 bridgehead atoms. The Morgan fingerprint density at radius 1 is 1.11 bits per heavy atom. The van der Waals surface area contributed by atoms with Crippen LogP contribution < -0.4 is 10.6 Å². The second-order valence-corrected chi connectivity index (χ2v) is 6.25. The minimum absolute atomic E-state index is 0.302. The molecule has 0 aliphatic heterocycles. The average molecular weight is 451 g/mol. The van der Waals surface area contributed by atoms with Crippen molar-refractivity contribution in [2.24, 2.45) is 0 Å². The molecule has 19 heavy (non-hydrogen) atoms. The average Bonchev–Trinajstić information content (AvgIpc) is 2.36. The fourth-order valence-electron chi connectivity index (χ4n) is 1.41. The first-order valence-corrected chi connectivity index (χ1v) is 7.58. The van der Waals surface area contributed by atoms with Crippen molar-refractivity contribution in [3.8, 4) is 0 Å². The molecule has 0 heterocycles. The highest BCUT2D eigenvalue weighted by atomic mass is 127. The number of hydrogen-bond donors (Lipinski definition) is 2. The van der Waals surface area contributed by atoms with E-state index in [4.69, 9.17) is 11.6 Å². The zero-order chi connectivity index (χ0) is 13.8. The van der Waals surface area contributed by atoms with Crippen LogP contribution in [0, 0.1) is 3.57 Å². The molecular formula is C13H9BrClIN2O. The van der Waals surface area contributed by atoms with E-state index in [1.165, 1.54) is 0 Å². The quantitative estimate of drug-likeness (QED) is 0.594. The number of carbonyl (C=O) groups is 1. The lowest BCUT2D eigenvalue weighted by Gasteiger charge is -2.09. The Labute approximate surface area is 138 Å². The van der Waals surface area contributed by atoms with Crippen molar-refractivity contribution in [2.45, 2.75) is 0 Å². The van der Waals surface area contributed by atoms with E-state index in [2.05, 4.69) is 49.2 Å². The lowest BCUT2D eigenvalue weighted by Crippen LogP contribution is -2.19. The molecule has 2 N–H and O–H groups in total. The smallest absolute Gasteiger partial charge is 0.308 e. The van der Waals surface area contributed by atoms with Gasteiger partial charge in [0.15, 0.2) is 0 Å². The fourth-order valence-corrected chi connectivity index (χ4v) is 2.93. The molecule has 2 aromatic carbocycles. The van der Waals surface area contributed by atoms with Gasteiger partial charge < -0.3 is 10.6 Å². The third kappa shape index (κ3) is 4.36. The Balaban J connectivity index is 2.03. The van der Waals surface area contributed by atoms with Crippen LogP contribution in [0.15, 0.2) is 46.9 Å². The summed E-state index contributed by atoms with van der Waals surface area (Å²) in [6.07, 6.45) is 0. The highest BCUT2D eigenvalue weighted by Gasteiger charge is 2.06. The summed E-state index contributed by atoms with van der Waals surface area (Å²) in [5.41, 5.74) is 1.40. The van der Waals surface area contributed by atoms with E-state index >= 15 is 0 Å². The van der Waals surface area contributed by atoms with E-state index in [9.17, 15) is 4.79 Å². The number of urea groups is 1. The van der Waals surface area contributed by atoms with Crippen LogP contribution in [0.4, 0.5) is 16.2 Å². The topological polar surface area (TPSA) is 41.1 Å². The molecule has 0 spiro atoms. The predicted octanol–water partition coefficient (Wildman–Crippen LogP) is 5.35. The van der Waals surface area contributed by atoms with Crippen LogP contribution in [0.3, 0.4) is 0 Å². The summed E-state index contributed by atoms with van der Waals surface area (Å²) in [4.78, 5) is 11.8. The SMILES string of the molecule is O=C(Nc1ccc(Cl)cc1)Nc1ccc(I)cc1Br. The third-order valence-corrected chi connectivity index (χ3v) is 3.86.